The maximum absolute atomic E-state index is 4.37. The molecule has 3 rings (SSSR count). The smallest absolute Gasteiger partial charge is 0.0951 e. The van der Waals surface area contributed by atoms with Gasteiger partial charge in [0.15, 0.2) is 0 Å². The third kappa shape index (κ3) is 3.41. The van der Waals surface area contributed by atoms with Gasteiger partial charge < -0.3 is 9.88 Å². The van der Waals surface area contributed by atoms with Crippen molar-refractivity contribution in [2.75, 3.05) is 19.6 Å². The Morgan fingerprint density at radius 1 is 1.30 bits per heavy atom. The Morgan fingerprint density at radius 3 is 2.70 bits per heavy atom. The second-order valence-corrected chi connectivity index (χ2v) is 6.74. The molecule has 4 heteroatoms. The van der Waals surface area contributed by atoms with Crippen LogP contribution in [0.2, 0.25) is 0 Å². The quantitative estimate of drug-likeness (QED) is 0.866. The van der Waals surface area contributed by atoms with E-state index in [-0.39, 0.29) is 0 Å². The van der Waals surface area contributed by atoms with Crippen molar-refractivity contribution in [2.45, 2.75) is 58.2 Å². The van der Waals surface area contributed by atoms with Crippen molar-refractivity contribution in [3.05, 3.63) is 18.2 Å². The lowest BCUT2D eigenvalue weighted by atomic mass is 9.97. The normalized spacial score (nSPS) is 21.0. The van der Waals surface area contributed by atoms with Gasteiger partial charge in [0.05, 0.1) is 12.0 Å². The average Bonchev–Trinajstić information content (AvgIpc) is 3.19. The molecule has 1 aromatic heterocycles. The highest BCUT2D eigenvalue weighted by Gasteiger charge is 2.26. The summed E-state index contributed by atoms with van der Waals surface area (Å²) in [5.41, 5.74) is 1.40. The lowest BCUT2D eigenvalue weighted by molar-refractivity contribution is 0.158. The SMILES string of the molecule is CC(C)N(Cc1cncn1C1CC1)CC1CCNCC1. The van der Waals surface area contributed by atoms with Crippen LogP contribution in [0.1, 0.15) is 51.3 Å². The molecule has 2 heterocycles. The predicted molar refractivity (Wildman–Crippen MR) is 81.6 cm³/mol. The third-order valence-electron chi connectivity index (χ3n) is 4.73. The van der Waals surface area contributed by atoms with Gasteiger partial charge in [0, 0.05) is 31.4 Å². The van der Waals surface area contributed by atoms with E-state index in [0.29, 0.717) is 6.04 Å². The van der Waals surface area contributed by atoms with E-state index in [1.54, 1.807) is 0 Å². The van der Waals surface area contributed by atoms with E-state index in [9.17, 15) is 0 Å². The summed E-state index contributed by atoms with van der Waals surface area (Å²) in [7, 11) is 0. The molecule has 0 spiro atoms. The fourth-order valence-electron chi connectivity index (χ4n) is 3.20. The van der Waals surface area contributed by atoms with Crippen molar-refractivity contribution in [1.82, 2.24) is 19.8 Å². The van der Waals surface area contributed by atoms with Crippen LogP contribution in [0, 0.1) is 5.92 Å². The van der Waals surface area contributed by atoms with Gasteiger partial charge in [-0.25, -0.2) is 4.98 Å². The van der Waals surface area contributed by atoms with Gasteiger partial charge in [-0.1, -0.05) is 0 Å². The van der Waals surface area contributed by atoms with Gasteiger partial charge in [-0.15, -0.1) is 0 Å². The van der Waals surface area contributed by atoms with E-state index in [4.69, 9.17) is 0 Å². The van der Waals surface area contributed by atoms with Crippen LogP contribution in [0.5, 0.6) is 0 Å². The zero-order chi connectivity index (χ0) is 13.9. The summed E-state index contributed by atoms with van der Waals surface area (Å²) in [6.07, 6.45) is 9.40. The highest BCUT2D eigenvalue weighted by molar-refractivity contribution is 5.03. The number of nitrogens with one attached hydrogen (secondary N) is 1. The van der Waals surface area contributed by atoms with Crippen LogP contribution in [-0.2, 0) is 6.54 Å². The molecule has 2 aliphatic rings. The van der Waals surface area contributed by atoms with Gasteiger partial charge in [-0.3, -0.25) is 4.90 Å². The summed E-state index contributed by atoms with van der Waals surface area (Å²) in [5, 5.41) is 3.46. The summed E-state index contributed by atoms with van der Waals surface area (Å²) in [6.45, 7) is 9.30. The highest BCUT2D eigenvalue weighted by atomic mass is 15.2. The maximum atomic E-state index is 4.37. The first-order valence-electron chi connectivity index (χ1n) is 8.19. The summed E-state index contributed by atoms with van der Waals surface area (Å²) >= 11 is 0. The molecule has 0 atom stereocenters. The largest absolute Gasteiger partial charge is 0.330 e. The Labute approximate surface area is 122 Å². The molecule has 1 aliphatic heterocycles. The van der Waals surface area contributed by atoms with Gasteiger partial charge in [-0.05, 0) is 58.5 Å². The van der Waals surface area contributed by atoms with E-state index in [1.807, 2.05) is 6.33 Å². The van der Waals surface area contributed by atoms with Crippen LogP contribution in [-0.4, -0.2) is 40.1 Å². The van der Waals surface area contributed by atoms with Crippen molar-refractivity contribution >= 4 is 0 Å². The van der Waals surface area contributed by atoms with Crippen LogP contribution >= 0.6 is 0 Å². The minimum absolute atomic E-state index is 0.604. The molecule has 1 aromatic rings. The molecule has 0 radical (unpaired) electrons. The third-order valence-corrected chi connectivity index (χ3v) is 4.73. The number of rotatable bonds is 6. The first-order chi connectivity index (χ1) is 9.74. The van der Waals surface area contributed by atoms with E-state index < -0.39 is 0 Å². The fraction of sp³-hybridized carbons (Fsp3) is 0.812. The van der Waals surface area contributed by atoms with Crippen LogP contribution in [0.4, 0.5) is 0 Å². The molecule has 1 saturated heterocycles. The van der Waals surface area contributed by atoms with Gasteiger partial charge in [0.1, 0.15) is 0 Å². The molecule has 0 unspecified atom stereocenters. The van der Waals surface area contributed by atoms with Gasteiger partial charge in [0.25, 0.3) is 0 Å². The monoisotopic (exact) mass is 276 g/mol. The molecular weight excluding hydrogens is 248 g/mol. The zero-order valence-corrected chi connectivity index (χ0v) is 12.9. The summed E-state index contributed by atoms with van der Waals surface area (Å²) in [5.74, 6) is 0.857. The minimum atomic E-state index is 0.604. The standard InChI is InChI=1S/C16H28N4/c1-13(2)19(10-14-5-7-17-8-6-14)11-16-9-18-12-20(16)15-3-4-15/h9,12-15,17H,3-8,10-11H2,1-2H3. The fourth-order valence-corrected chi connectivity index (χ4v) is 3.20. The second kappa shape index (κ2) is 6.27. The number of hydrogen-bond donors (Lipinski definition) is 1. The maximum Gasteiger partial charge on any atom is 0.0951 e. The molecule has 1 N–H and O–H groups in total. The van der Waals surface area contributed by atoms with Crippen molar-refractivity contribution < 1.29 is 0 Å². The first kappa shape index (κ1) is 14.1. The molecule has 0 bridgehead atoms. The molecule has 0 amide bonds. The highest BCUT2D eigenvalue weighted by Crippen LogP contribution is 2.36. The van der Waals surface area contributed by atoms with E-state index in [1.165, 1.54) is 51.0 Å². The van der Waals surface area contributed by atoms with Crippen molar-refractivity contribution in [2.24, 2.45) is 5.92 Å². The summed E-state index contributed by atoms with van der Waals surface area (Å²) in [6, 6.07) is 1.34. The molecule has 1 saturated carbocycles. The summed E-state index contributed by atoms with van der Waals surface area (Å²) < 4.78 is 2.40. The number of imidazole rings is 1. The van der Waals surface area contributed by atoms with Crippen LogP contribution < -0.4 is 5.32 Å². The van der Waals surface area contributed by atoms with Crippen LogP contribution in [0.25, 0.3) is 0 Å². The molecule has 20 heavy (non-hydrogen) atoms. The molecule has 2 fully saturated rings. The van der Waals surface area contributed by atoms with Crippen LogP contribution in [0.15, 0.2) is 12.5 Å². The van der Waals surface area contributed by atoms with Crippen molar-refractivity contribution in [1.29, 1.82) is 0 Å². The number of nitrogens with zero attached hydrogens (tertiary/aromatic N) is 3. The van der Waals surface area contributed by atoms with Gasteiger partial charge in [-0.2, -0.15) is 0 Å². The topological polar surface area (TPSA) is 33.1 Å². The van der Waals surface area contributed by atoms with Gasteiger partial charge in [0.2, 0.25) is 0 Å². The first-order valence-corrected chi connectivity index (χ1v) is 8.19. The average molecular weight is 276 g/mol. The van der Waals surface area contributed by atoms with Crippen molar-refractivity contribution in [3.8, 4) is 0 Å². The Hall–Kier alpha value is -0.870. The molecular formula is C16H28N4. The number of aromatic nitrogens is 2. The minimum Gasteiger partial charge on any atom is -0.330 e. The lowest BCUT2D eigenvalue weighted by Crippen LogP contribution is -2.39. The summed E-state index contributed by atoms with van der Waals surface area (Å²) in [4.78, 5) is 7.00. The molecule has 4 nitrogen and oxygen atoms in total. The van der Waals surface area contributed by atoms with Crippen molar-refractivity contribution in [3.63, 3.8) is 0 Å². The Balaban J connectivity index is 1.62. The molecule has 1 aliphatic carbocycles. The number of hydrogen-bond acceptors (Lipinski definition) is 3. The van der Waals surface area contributed by atoms with Gasteiger partial charge >= 0.3 is 0 Å². The van der Waals surface area contributed by atoms with Crippen LogP contribution in [0.3, 0.4) is 0 Å². The van der Waals surface area contributed by atoms with E-state index >= 15 is 0 Å². The molecule has 112 valence electrons. The van der Waals surface area contributed by atoms with E-state index in [2.05, 4.69) is 39.8 Å². The number of piperidine rings is 1. The predicted octanol–water partition coefficient (Wildman–Crippen LogP) is 2.43. The second-order valence-electron chi connectivity index (χ2n) is 6.74. The Morgan fingerprint density at radius 2 is 2.05 bits per heavy atom. The Kier molecular flexibility index (Phi) is 4.41. The Bertz CT molecular complexity index is 416. The lowest BCUT2D eigenvalue weighted by Gasteiger charge is -2.32. The zero-order valence-electron chi connectivity index (χ0n) is 12.9. The van der Waals surface area contributed by atoms with E-state index in [0.717, 1.165) is 18.5 Å². The molecule has 0 aromatic carbocycles.